The highest BCUT2D eigenvalue weighted by molar-refractivity contribution is 5.80. The Hall–Kier alpha value is -1.59. The van der Waals surface area contributed by atoms with Crippen molar-refractivity contribution in [2.24, 2.45) is 16.8 Å². The van der Waals surface area contributed by atoms with Crippen LogP contribution < -0.4 is 5.32 Å². The lowest BCUT2D eigenvalue weighted by molar-refractivity contribution is 0.368. The van der Waals surface area contributed by atoms with Crippen LogP contribution >= 0.6 is 0 Å². The average molecular weight is 335 g/mol. The fourth-order valence-corrected chi connectivity index (χ4v) is 3.26. The summed E-state index contributed by atoms with van der Waals surface area (Å²) in [7, 11) is 1.87. The molecule has 2 rings (SSSR count). The van der Waals surface area contributed by atoms with Gasteiger partial charge >= 0.3 is 0 Å². The van der Waals surface area contributed by atoms with Crippen molar-refractivity contribution in [3.63, 3.8) is 0 Å². The molecule has 1 aliphatic rings. The lowest BCUT2D eigenvalue weighted by Gasteiger charge is -2.22. The first-order valence-electron chi connectivity index (χ1n) is 9.27. The molecule has 136 valence electrons. The zero-order chi connectivity index (χ0) is 17.5. The Morgan fingerprint density at radius 1 is 1.38 bits per heavy atom. The predicted octanol–water partition coefficient (Wildman–Crippen LogP) is 3.07. The van der Waals surface area contributed by atoms with E-state index in [2.05, 4.69) is 53.0 Å². The number of nitrogens with one attached hydrogen (secondary N) is 1. The predicted molar refractivity (Wildman–Crippen MR) is 97.2 cm³/mol. The summed E-state index contributed by atoms with van der Waals surface area (Å²) in [6.07, 6.45) is 4.35. The number of nitrogens with zero attached hydrogens (tertiary/aromatic N) is 4. The maximum absolute atomic E-state index is 5.28. The molecule has 1 fully saturated rings. The second kappa shape index (κ2) is 9.04. The minimum absolute atomic E-state index is 0.313. The van der Waals surface area contributed by atoms with Crippen LogP contribution in [0.2, 0.25) is 0 Å². The molecule has 6 nitrogen and oxygen atoms in total. The number of aromatic nitrogens is 2. The molecule has 0 saturated carbocycles. The Bertz CT molecular complexity index is 523. The molecule has 2 heterocycles. The molecule has 24 heavy (non-hydrogen) atoms. The van der Waals surface area contributed by atoms with Crippen molar-refractivity contribution in [3.8, 4) is 0 Å². The Labute approximate surface area is 146 Å². The highest BCUT2D eigenvalue weighted by Crippen LogP contribution is 2.23. The summed E-state index contributed by atoms with van der Waals surface area (Å²) < 4.78 is 5.28. The molecule has 0 aromatic carbocycles. The first kappa shape index (κ1) is 18.7. The molecule has 1 atom stereocenters. The molecule has 0 aliphatic carbocycles. The fourth-order valence-electron chi connectivity index (χ4n) is 3.26. The maximum atomic E-state index is 5.28. The third-order valence-corrected chi connectivity index (χ3v) is 4.45. The van der Waals surface area contributed by atoms with Crippen LogP contribution in [0.1, 0.15) is 64.6 Å². The van der Waals surface area contributed by atoms with Gasteiger partial charge in [-0.3, -0.25) is 4.99 Å². The van der Waals surface area contributed by atoms with Crippen molar-refractivity contribution in [1.29, 1.82) is 0 Å². The second-order valence-corrected chi connectivity index (χ2v) is 7.51. The van der Waals surface area contributed by atoms with Gasteiger partial charge in [0.05, 0.1) is 0 Å². The van der Waals surface area contributed by atoms with E-state index in [1.807, 2.05) is 7.05 Å². The normalized spacial score (nSPS) is 18.9. The van der Waals surface area contributed by atoms with Crippen molar-refractivity contribution in [2.75, 3.05) is 26.7 Å². The number of hydrogen-bond acceptors (Lipinski definition) is 4. The van der Waals surface area contributed by atoms with Crippen LogP contribution in [0, 0.1) is 11.8 Å². The lowest BCUT2D eigenvalue weighted by Crippen LogP contribution is -2.40. The van der Waals surface area contributed by atoms with Gasteiger partial charge in [-0.05, 0) is 31.1 Å². The van der Waals surface area contributed by atoms with E-state index >= 15 is 0 Å². The molecule has 0 spiro atoms. The monoisotopic (exact) mass is 335 g/mol. The summed E-state index contributed by atoms with van der Waals surface area (Å²) in [6, 6.07) is 0. The summed E-state index contributed by atoms with van der Waals surface area (Å²) in [4.78, 5) is 11.2. The molecule has 6 heteroatoms. The zero-order valence-electron chi connectivity index (χ0n) is 15.9. The number of rotatable bonds is 7. The van der Waals surface area contributed by atoms with E-state index in [4.69, 9.17) is 4.52 Å². The Balaban J connectivity index is 1.70. The van der Waals surface area contributed by atoms with Crippen molar-refractivity contribution in [2.45, 2.75) is 59.3 Å². The molecule has 1 saturated heterocycles. The first-order chi connectivity index (χ1) is 11.5. The van der Waals surface area contributed by atoms with E-state index in [-0.39, 0.29) is 0 Å². The van der Waals surface area contributed by atoms with Crippen LogP contribution in [0.15, 0.2) is 9.52 Å². The van der Waals surface area contributed by atoms with Gasteiger partial charge in [0.25, 0.3) is 0 Å². The molecule has 1 N–H and O–H groups in total. The molecular weight excluding hydrogens is 302 g/mol. The average Bonchev–Trinajstić information content (AvgIpc) is 3.16. The van der Waals surface area contributed by atoms with Gasteiger partial charge in [-0.1, -0.05) is 32.9 Å². The van der Waals surface area contributed by atoms with Gasteiger partial charge in [0.15, 0.2) is 11.8 Å². The van der Waals surface area contributed by atoms with Gasteiger partial charge in [-0.25, -0.2) is 0 Å². The van der Waals surface area contributed by atoms with E-state index < -0.39 is 0 Å². The van der Waals surface area contributed by atoms with Gasteiger partial charge in [-0.2, -0.15) is 4.98 Å². The molecule has 1 aromatic heterocycles. The number of guanidine groups is 1. The fraction of sp³-hybridized carbons (Fsp3) is 0.833. The van der Waals surface area contributed by atoms with E-state index in [1.54, 1.807) is 0 Å². The van der Waals surface area contributed by atoms with Gasteiger partial charge in [0, 0.05) is 39.0 Å². The minimum Gasteiger partial charge on any atom is -0.356 e. The van der Waals surface area contributed by atoms with Crippen LogP contribution in [0.5, 0.6) is 0 Å². The maximum Gasteiger partial charge on any atom is 0.226 e. The smallest absolute Gasteiger partial charge is 0.226 e. The topological polar surface area (TPSA) is 66.5 Å². The molecular formula is C18H33N5O. The Kier molecular flexibility index (Phi) is 7.06. The highest BCUT2D eigenvalue weighted by Gasteiger charge is 2.25. The Morgan fingerprint density at radius 2 is 2.17 bits per heavy atom. The van der Waals surface area contributed by atoms with Crippen LogP contribution in [-0.4, -0.2) is 47.7 Å². The summed E-state index contributed by atoms with van der Waals surface area (Å²) >= 11 is 0. The molecule has 1 unspecified atom stereocenters. The summed E-state index contributed by atoms with van der Waals surface area (Å²) in [6.45, 7) is 11.9. The lowest BCUT2D eigenvalue weighted by atomic mass is 9.97. The number of aliphatic imine (C=N–C) groups is 1. The molecule has 0 radical (unpaired) electrons. The van der Waals surface area contributed by atoms with E-state index in [0.29, 0.717) is 5.92 Å². The highest BCUT2D eigenvalue weighted by atomic mass is 16.5. The summed E-state index contributed by atoms with van der Waals surface area (Å²) in [5, 5.41) is 7.47. The van der Waals surface area contributed by atoms with Gasteiger partial charge in [0.1, 0.15) is 0 Å². The van der Waals surface area contributed by atoms with E-state index in [1.165, 1.54) is 12.8 Å². The number of aryl methyl sites for hydroxylation is 1. The second-order valence-electron chi connectivity index (χ2n) is 7.51. The van der Waals surface area contributed by atoms with Crippen LogP contribution in [0.4, 0.5) is 0 Å². The Morgan fingerprint density at radius 3 is 2.79 bits per heavy atom. The number of likely N-dealkylation sites (tertiary alicyclic amines) is 1. The van der Waals surface area contributed by atoms with Crippen LogP contribution in [0.25, 0.3) is 0 Å². The summed E-state index contributed by atoms with van der Waals surface area (Å²) in [5.74, 6) is 4.44. The van der Waals surface area contributed by atoms with Crippen LogP contribution in [0.3, 0.4) is 0 Å². The van der Waals surface area contributed by atoms with E-state index in [9.17, 15) is 0 Å². The standard InChI is InChI=1S/C18H33N5O/c1-13(2)11-15-8-10-23(12-15)18(19-5)20-9-6-7-16-21-17(14(3)4)22-24-16/h13-15H,6-12H2,1-5H3,(H,19,20). The number of hydrogen-bond donors (Lipinski definition) is 1. The van der Waals surface area contributed by atoms with E-state index in [0.717, 1.165) is 62.0 Å². The van der Waals surface area contributed by atoms with Crippen molar-refractivity contribution in [1.82, 2.24) is 20.4 Å². The van der Waals surface area contributed by atoms with Gasteiger partial charge in [-0.15, -0.1) is 0 Å². The van der Waals surface area contributed by atoms with Gasteiger partial charge < -0.3 is 14.7 Å². The first-order valence-corrected chi connectivity index (χ1v) is 9.27. The van der Waals surface area contributed by atoms with Crippen molar-refractivity contribution >= 4 is 5.96 Å². The minimum atomic E-state index is 0.313. The van der Waals surface area contributed by atoms with Crippen molar-refractivity contribution < 1.29 is 4.52 Å². The SMILES string of the molecule is CN=C(NCCCc1nc(C(C)C)no1)N1CCC(CC(C)C)C1. The summed E-state index contributed by atoms with van der Waals surface area (Å²) in [5.41, 5.74) is 0. The molecule has 1 aromatic rings. The molecule has 0 bridgehead atoms. The van der Waals surface area contributed by atoms with Gasteiger partial charge in [0.2, 0.25) is 5.89 Å². The quantitative estimate of drug-likeness (QED) is 0.471. The third-order valence-electron chi connectivity index (χ3n) is 4.45. The zero-order valence-corrected chi connectivity index (χ0v) is 15.9. The third kappa shape index (κ3) is 5.49. The van der Waals surface area contributed by atoms with Crippen molar-refractivity contribution in [3.05, 3.63) is 11.7 Å². The molecule has 0 amide bonds. The van der Waals surface area contributed by atoms with Crippen LogP contribution in [-0.2, 0) is 6.42 Å². The molecule has 1 aliphatic heterocycles. The largest absolute Gasteiger partial charge is 0.356 e.